The maximum absolute atomic E-state index is 13.0. The number of aromatic nitrogens is 3. The van der Waals surface area contributed by atoms with Gasteiger partial charge in [0.1, 0.15) is 18.2 Å². The topological polar surface area (TPSA) is 107 Å². The number of nitrogens with one attached hydrogen (secondary N) is 2. The molecule has 1 fully saturated rings. The van der Waals surface area contributed by atoms with Crippen LogP contribution in [0, 0.1) is 0 Å². The van der Waals surface area contributed by atoms with Gasteiger partial charge >= 0.3 is 0 Å². The van der Waals surface area contributed by atoms with Gasteiger partial charge in [-0.2, -0.15) is 5.10 Å². The van der Waals surface area contributed by atoms with Crippen molar-refractivity contribution in [1.29, 1.82) is 0 Å². The van der Waals surface area contributed by atoms with E-state index in [1.165, 1.54) is 11.1 Å². The number of hydrogen-bond acceptors (Lipinski definition) is 6. The summed E-state index contributed by atoms with van der Waals surface area (Å²) in [7, 11) is 1.84. The summed E-state index contributed by atoms with van der Waals surface area (Å²) in [6.07, 6.45) is 6.03. The number of carbonyl (C=O) groups excluding carboxylic acids is 1. The molecule has 4 aromatic rings. The van der Waals surface area contributed by atoms with Crippen LogP contribution in [0.5, 0.6) is 5.75 Å². The van der Waals surface area contributed by atoms with E-state index in [-0.39, 0.29) is 29.2 Å². The van der Waals surface area contributed by atoms with Gasteiger partial charge in [0.25, 0.3) is 5.91 Å². The minimum absolute atomic E-state index is 0.0217. The fraction of sp³-hybridized carbons (Fsp3) is 0.300. The summed E-state index contributed by atoms with van der Waals surface area (Å²) in [4.78, 5) is 17.2. The highest BCUT2D eigenvalue weighted by molar-refractivity contribution is 5.99. The third-order valence-corrected chi connectivity index (χ3v) is 7.28. The predicted molar refractivity (Wildman–Crippen MR) is 149 cm³/mol. The van der Waals surface area contributed by atoms with Gasteiger partial charge in [-0.1, -0.05) is 56.3 Å². The zero-order valence-electron chi connectivity index (χ0n) is 22.0. The summed E-state index contributed by atoms with van der Waals surface area (Å²) in [6.45, 7) is 5.65. The number of rotatable bonds is 8. The Morgan fingerprint density at radius 3 is 2.55 bits per heavy atom. The van der Waals surface area contributed by atoms with Crippen molar-refractivity contribution in [2.75, 3.05) is 18.9 Å². The largest absolute Gasteiger partial charge is 0.492 e. The number of anilines is 1. The average molecular weight is 511 g/mol. The van der Waals surface area contributed by atoms with Gasteiger partial charge in [0, 0.05) is 54.6 Å². The van der Waals surface area contributed by atoms with E-state index in [0.717, 1.165) is 23.3 Å². The Labute approximate surface area is 223 Å². The van der Waals surface area contributed by atoms with E-state index in [4.69, 9.17) is 10.5 Å². The number of carbonyl (C=O) groups is 1. The number of aryl methyl sites for hydroxylation is 1. The lowest BCUT2D eigenvalue weighted by atomic mass is 9.78. The highest BCUT2D eigenvalue weighted by atomic mass is 16.5. The van der Waals surface area contributed by atoms with Gasteiger partial charge in [-0.15, -0.1) is 0 Å². The molecule has 2 aromatic carbocycles. The van der Waals surface area contributed by atoms with E-state index in [9.17, 15) is 4.79 Å². The number of nitrogen functional groups attached to an aromatic ring is 1. The molecule has 0 radical (unpaired) electrons. The maximum atomic E-state index is 13.0. The SMILES string of the molecule is Cn1cc(-c2cnc(N)c(C(=O)N[C@@H]3CN[C@H](COc4ccc(C(C)(C)c5ccccc5)cc4)C3)c2)cn1. The molecule has 5 rings (SSSR count). The molecule has 1 saturated heterocycles. The highest BCUT2D eigenvalue weighted by Crippen LogP contribution is 2.32. The second kappa shape index (κ2) is 10.7. The molecule has 3 heterocycles. The molecule has 0 bridgehead atoms. The van der Waals surface area contributed by atoms with Crippen LogP contribution in [0.2, 0.25) is 0 Å². The van der Waals surface area contributed by atoms with Gasteiger partial charge in [-0.25, -0.2) is 4.98 Å². The number of nitrogens with zero attached hydrogens (tertiary/aromatic N) is 3. The zero-order chi connectivity index (χ0) is 26.7. The van der Waals surface area contributed by atoms with Crippen molar-refractivity contribution in [1.82, 2.24) is 25.4 Å². The Hall–Kier alpha value is -4.17. The third-order valence-electron chi connectivity index (χ3n) is 7.28. The first-order valence-corrected chi connectivity index (χ1v) is 12.9. The van der Waals surface area contributed by atoms with E-state index in [1.807, 2.05) is 31.4 Å². The number of amides is 1. The molecule has 2 atom stereocenters. The van der Waals surface area contributed by atoms with Crippen LogP contribution in [0.1, 0.15) is 41.8 Å². The van der Waals surface area contributed by atoms with Crippen molar-refractivity contribution in [3.63, 3.8) is 0 Å². The zero-order valence-corrected chi connectivity index (χ0v) is 22.0. The molecule has 0 saturated carbocycles. The van der Waals surface area contributed by atoms with Crippen LogP contribution < -0.4 is 21.1 Å². The molecule has 1 aliphatic heterocycles. The number of ether oxygens (including phenoxy) is 1. The second-order valence-corrected chi connectivity index (χ2v) is 10.4. The van der Waals surface area contributed by atoms with E-state index < -0.39 is 0 Å². The molecule has 1 amide bonds. The van der Waals surface area contributed by atoms with Crippen molar-refractivity contribution in [2.45, 2.75) is 37.8 Å². The standard InChI is InChI=1S/C30H34N6O2/c1-30(2,22-7-5-4-6-8-22)23-9-11-26(12-10-23)38-19-25-14-24(17-32-25)35-29(37)27-13-20(15-33-28(27)31)21-16-34-36(3)18-21/h4-13,15-16,18,24-25,32H,14,17,19H2,1-3H3,(H2,31,33)(H,35,37)/t24-,25-/m0/s1. The first kappa shape index (κ1) is 25.5. The summed E-state index contributed by atoms with van der Waals surface area (Å²) in [5, 5.41) is 10.7. The molecule has 1 aliphatic rings. The van der Waals surface area contributed by atoms with Crippen molar-refractivity contribution in [3.8, 4) is 16.9 Å². The fourth-order valence-corrected chi connectivity index (χ4v) is 4.89. The normalized spacial score (nSPS) is 17.3. The first-order chi connectivity index (χ1) is 18.3. The summed E-state index contributed by atoms with van der Waals surface area (Å²) in [6, 6.07) is 20.7. The summed E-state index contributed by atoms with van der Waals surface area (Å²) >= 11 is 0. The van der Waals surface area contributed by atoms with Gasteiger partial charge < -0.3 is 21.1 Å². The molecule has 8 nitrogen and oxygen atoms in total. The quantitative estimate of drug-likeness (QED) is 0.332. The van der Waals surface area contributed by atoms with Crippen molar-refractivity contribution >= 4 is 11.7 Å². The van der Waals surface area contributed by atoms with Crippen LogP contribution in [-0.4, -0.2) is 45.9 Å². The molecule has 2 aromatic heterocycles. The van der Waals surface area contributed by atoms with Crippen LogP contribution >= 0.6 is 0 Å². The summed E-state index contributed by atoms with van der Waals surface area (Å²) < 4.78 is 7.78. The maximum Gasteiger partial charge on any atom is 0.255 e. The summed E-state index contributed by atoms with van der Waals surface area (Å²) in [5.74, 6) is 0.809. The number of pyridine rings is 1. The number of hydrogen-bond donors (Lipinski definition) is 3. The molecular weight excluding hydrogens is 476 g/mol. The molecule has 8 heteroatoms. The molecule has 0 aliphatic carbocycles. The number of nitrogens with two attached hydrogens (primary N) is 1. The van der Waals surface area contributed by atoms with Crippen molar-refractivity contribution in [2.24, 2.45) is 7.05 Å². The van der Waals surface area contributed by atoms with Crippen LogP contribution in [0.25, 0.3) is 11.1 Å². The fourth-order valence-electron chi connectivity index (χ4n) is 4.89. The van der Waals surface area contributed by atoms with Gasteiger partial charge in [-0.05, 0) is 35.7 Å². The lowest BCUT2D eigenvalue weighted by Gasteiger charge is -2.26. The summed E-state index contributed by atoms with van der Waals surface area (Å²) in [5.41, 5.74) is 10.5. The van der Waals surface area contributed by atoms with Crippen LogP contribution in [-0.2, 0) is 12.5 Å². The van der Waals surface area contributed by atoms with Crippen LogP contribution in [0.15, 0.2) is 79.3 Å². The third kappa shape index (κ3) is 5.55. The lowest BCUT2D eigenvalue weighted by molar-refractivity contribution is 0.0940. The molecule has 4 N–H and O–H groups in total. The van der Waals surface area contributed by atoms with Crippen molar-refractivity contribution < 1.29 is 9.53 Å². The van der Waals surface area contributed by atoms with E-state index in [1.54, 1.807) is 23.1 Å². The smallest absolute Gasteiger partial charge is 0.255 e. The Bertz CT molecular complexity index is 1400. The number of benzene rings is 2. The first-order valence-electron chi connectivity index (χ1n) is 12.9. The van der Waals surface area contributed by atoms with E-state index in [0.29, 0.717) is 18.7 Å². The van der Waals surface area contributed by atoms with Gasteiger partial charge in [-0.3, -0.25) is 9.48 Å². The molecular formula is C30H34N6O2. The highest BCUT2D eigenvalue weighted by Gasteiger charge is 2.27. The monoisotopic (exact) mass is 510 g/mol. The Balaban J connectivity index is 1.14. The molecule has 196 valence electrons. The predicted octanol–water partition coefficient (Wildman–Crippen LogP) is 3.93. The van der Waals surface area contributed by atoms with Crippen molar-refractivity contribution in [3.05, 3.63) is 95.9 Å². The molecule has 0 spiro atoms. The van der Waals surface area contributed by atoms with Gasteiger partial charge in [0.15, 0.2) is 0 Å². The molecule has 0 unspecified atom stereocenters. The van der Waals surface area contributed by atoms with Gasteiger partial charge in [0.05, 0.1) is 11.8 Å². The second-order valence-electron chi connectivity index (χ2n) is 10.4. The van der Waals surface area contributed by atoms with E-state index in [2.05, 4.69) is 71.0 Å². The minimum Gasteiger partial charge on any atom is -0.492 e. The Kier molecular flexibility index (Phi) is 7.15. The average Bonchev–Trinajstić information content (AvgIpc) is 3.57. The molecule has 38 heavy (non-hydrogen) atoms. The van der Waals surface area contributed by atoms with Crippen LogP contribution in [0.3, 0.4) is 0 Å². The minimum atomic E-state index is -0.231. The van der Waals surface area contributed by atoms with E-state index >= 15 is 0 Å². The lowest BCUT2D eigenvalue weighted by Crippen LogP contribution is -2.36. The van der Waals surface area contributed by atoms with Gasteiger partial charge in [0.2, 0.25) is 0 Å². The Morgan fingerprint density at radius 2 is 1.84 bits per heavy atom. The Morgan fingerprint density at radius 1 is 1.11 bits per heavy atom. The van der Waals surface area contributed by atoms with Crippen LogP contribution in [0.4, 0.5) is 5.82 Å².